The Hall–Kier alpha value is -1.52. The molecule has 0 saturated heterocycles. The molecule has 5 heteroatoms. The molecule has 0 aliphatic heterocycles. The zero-order chi connectivity index (χ0) is 15.8. The smallest absolute Gasteiger partial charge is 0.191 e. The summed E-state index contributed by atoms with van der Waals surface area (Å²) in [6, 6.07) is 0.590. The van der Waals surface area contributed by atoms with Gasteiger partial charge in [0.05, 0.1) is 6.20 Å². The number of aryl methyl sites for hydroxylation is 2. The van der Waals surface area contributed by atoms with Crippen molar-refractivity contribution in [1.82, 2.24) is 20.4 Å². The van der Waals surface area contributed by atoms with E-state index in [0.717, 1.165) is 37.8 Å². The van der Waals surface area contributed by atoms with Gasteiger partial charge in [0.2, 0.25) is 0 Å². The van der Waals surface area contributed by atoms with E-state index in [1.165, 1.54) is 31.2 Å². The predicted molar refractivity (Wildman–Crippen MR) is 92.1 cm³/mol. The molecule has 1 heterocycles. The van der Waals surface area contributed by atoms with Crippen molar-refractivity contribution in [2.24, 2.45) is 18.0 Å². The van der Waals surface area contributed by atoms with Crippen molar-refractivity contribution in [2.45, 2.75) is 58.4 Å². The van der Waals surface area contributed by atoms with Crippen LogP contribution in [0.25, 0.3) is 0 Å². The molecule has 1 fully saturated rings. The maximum atomic E-state index is 4.72. The lowest BCUT2D eigenvalue weighted by molar-refractivity contribution is 0.329. The standard InChI is InChI=1S/C17H31N5/c1-4-18-17(21-16-9-7-14(2)8-10-16)19-11-5-6-15-12-20-22(3)13-15/h12-14,16H,4-11H2,1-3H3,(H2,18,19,21). The lowest BCUT2D eigenvalue weighted by Gasteiger charge is -2.28. The molecule has 0 bridgehead atoms. The molecule has 0 amide bonds. The molecule has 0 spiro atoms. The van der Waals surface area contributed by atoms with E-state index in [9.17, 15) is 0 Å². The van der Waals surface area contributed by atoms with Gasteiger partial charge in [0.1, 0.15) is 0 Å². The number of hydrogen-bond donors (Lipinski definition) is 2. The number of guanidine groups is 1. The van der Waals surface area contributed by atoms with Crippen LogP contribution in [0.5, 0.6) is 0 Å². The van der Waals surface area contributed by atoms with E-state index in [1.807, 2.05) is 17.9 Å². The van der Waals surface area contributed by atoms with Crippen LogP contribution in [0.15, 0.2) is 17.4 Å². The van der Waals surface area contributed by atoms with Crippen LogP contribution in [0, 0.1) is 5.92 Å². The summed E-state index contributed by atoms with van der Waals surface area (Å²) < 4.78 is 1.86. The summed E-state index contributed by atoms with van der Waals surface area (Å²) in [7, 11) is 1.96. The summed E-state index contributed by atoms with van der Waals surface area (Å²) >= 11 is 0. The topological polar surface area (TPSA) is 54.2 Å². The number of aliphatic imine (C=N–C) groups is 1. The van der Waals surface area contributed by atoms with Crippen molar-refractivity contribution in [3.05, 3.63) is 18.0 Å². The average molecular weight is 305 g/mol. The van der Waals surface area contributed by atoms with Crippen molar-refractivity contribution in [3.63, 3.8) is 0 Å². The fourth-order valence-electron chi connectivity index (χ4n) is 2.99. The van der Waals surface area contributed by atoms with Gasteiger partial charge in [-0.1, -0.05) is 6.92 Å². The van der Waals surface area contributed by atoms with Gasteiger partial charge in [0.25, 0.3) is 0 Å². The minimum Gasteiger partial charge on any atom is -0.357 e. The molecule has 2 rings (SSSR count). The van der Waals surface area contributed by atoms with Gasteiger partial charge in [-0.3, -0.25) is 9.67 Å². The molecule has 0 atom stereocenters. The van der Waals surface area contributed by atoms with Crippen molar-refractivity contribution in [3.8, 4) is 0 Å². The van der Waals surface area contributed by atoms with Crippen LogP contribution in [0.1, 0.15) is 51.5 Å². The van der Waals surface area contributed by atoms with Gasteiger partial charge in [-0.05, 0) is 56.9 Å². The van der Waals surface area contributed by atoms with Crippen LogP contribution < -0.4 is 10.6 Å². The number of rotatable bonds is 6. The maximum Gasteiger partial charge on any atom is 0.191 e. The number of nitrogens with one attached hydrogen (secondary N) is 2. The van der Waals surface area contributed by atoms with Crippen molar-refractivity contribution in [2.75, 3.05) is 13.1 Å². The van der Waals surface area contributed by atoms with E-state index < -0.39 is 0 Å². The molecule has 1 aromatic rings. The first-order valence-electron chi connectivity index (χ1n) is 8.69. The molecule has 0 unspecified atom stereocenters. The van der Waals surface area contributed by atoms with E-state index in [4.69, 9.17) is 4.99 Å². The highest BCUT2D eigenvalue weighted by Crippen LogP contribution is 2.23. The SMILES string of the molecule is CCNC(=NCCCc1cnn(C)c1)NC1CCC(C)CC1. The fraction of sp³-hybridized carbons (Fsp3) is 0.765. The summed E-state index contributed by atoms with van der Waals surface area (Å²) in [6.07, 6.45) is 11.3. The molecule has 2 N–H and O–H groups in total. The molecule has 5 nitrogen and oxygen atoms in total. The predicted octanol–water partition coefficient (Wildman–Crippen LogP) is 2.49. The third-order valence-corrected chi connectivity index (χ3v) is 4.35. The van der Waals surface area contributed by atoms with Gasteiger partial charge in [0.15, 0.2) is 5.96 Å². The van der Waals surface area contributed by atoms with E-state index in [0.29, 0.717) is 6.04 Å². The summed E-state index contributed by atoms with van der Waals surface area (Å²) in [5.41, 5.74) is 1.29. The molecule has 1 aliphatic rings. The first-order chi connectivity index (χ1) is 10.7. The van der Waals surface area contributed by atoms with Crippen LogP contribution in [0.3, 0.4) is 0 Å². The highest BCUT2D eigenvalue weighted by atomic mass is 15.2. The quantitative estimate of drug-likeness (QED) is 0.482. The molecule has 1 aliphatic carbocycles. The summed E-state index contributed by atoms with van der Waals surface area (Å²) in [6.45, 7) is 6.24. The normalized spacial score (nSPS) is 22.6. The van der Waals surface area contributed by atoms with E-state index in [2.05, 4.69) is 35.8 Å². The van der Waals surface area contributed by atoms with Gasteiger partial charge < -0.3 is 10.6 Å². The van der Waals surface area contributed by atoms with Crippen LogP contribution in [-0.4, -0.2) is 34.9 Å². The number of aromatic nitrogens is 2. The second-order valence-corrected chi connectivity index (χ2v) is 6.49. The van der Waals surface area contributed by atoms with Crippen molar-refractivity contribution in [1.29, 1.82) is 0 Å². The first kappa shape index (κ1) is 16.8. The Labute approximate surface area is 134 Å². The lowest BCUT2D eigenvalue weighted by Crippen LogP contribution is -2.44. The summed E-state index contributed by atoms with van der Waals surface area (Å²) in [5.74, 6) is 1.87. The third-order valence-electron chi connectivity index (χ3n) is 4.35. The highest BCUT2D eigenvalue weighted by molar-refractivity contribution is 5.80. The van der Waals surface area contributed by atoms with Crippen molar-refractivity contribution >= 4 is 5.96 Å². The molecular weight excluding hydrogens is 274 g/mol. The molecule has 0 aromatic carbocycles. The van der Waals surface area contributed by atoms with Gasteiger partial charge >= 0.3 is 0 Å². The molecule has 124 valence electrons. The van der Waals surface area contributed by atoms with Crippen LogP contribution in [-0.2, 0) is 13.5 Å². The first-order valence-corrected chi connectivity index (χ1v) is 8.69. The van der Waals surface area contributed by atoms with Crippen molar-refractivity contribution < 1.29 is 0 Å². The fourth-order valence-corrected chi connectivity index (χ4v) is 2.99. The highest BCUT2D eigenvalue weighted by Gasteiger charge is 2.18. The minimum atomic E-state index is 0.590. The molecule has 22 heavy (non-hydrogen) atoms. The average Bonchev–Trinajstić information content (AvgIpc) is 2.91. The van der Waals surface area contributed by atoms with Gasteiger partial charge in [-0.2, -0.15) is 5.10 Å². The minimum absolute atomic E-state index is 0.590. The van der Waals surface area contributed by atoms with E-state index >= 15 is 0 Å². The van der Waals surface area contributed by atoms with Gasteiger partial charge in [0, 0.05) is 32.4 Å². The zero-order valence-corrected chi connectivity index (χ0v) is 14.3. The Balaban J connectivity index is 1.74. The Kier molecular flexibility index (Phi) is 6.74. The molecule has 0 radical (unpaired) electrons. The van der Waals surface area contributed by atoms with Crippen LogP contribution in [0.4, 0.5) is 0 Å². The summed E-state index contributed by atoms with van der Waals surface area (Å²) in [4.78, 5) is 4.72. The number of nitrogens with zero attached hydrogens (tertiary/aromatic N) is 3. The Morgan fingerprint density at radius 3 is 2.77 bits per heavy atom. The van der Waals surface area contributed by atoms with Gasteiger partial charge in [-0.25, -0.2) is 0 Å². The molecule has 1 aromatic heterocycles. The third kappa shape index (κ3) is 5.70. The Bertz CT molecular complexity index is 457. The maximum absolute atomic E-state index is 4.72. The number of hydrogen-bond acceptors (Lipinski definition) is 2. The van der Waals surface area contributed by atoms with Crippen LogP contribution >= 0.6 is 0 Å². The second-order valence-electron chi connectivity index (χ2n) is 6.49. The summed E-state index contributed by atoms with van der Waals surface area (Å²) in [5, 5.41) is 11.2. The van der Waals surface area contributed by atoms with E-state index in [-0.39, 0.29) is 0 Å². The molecular formula is C17H31N5. The lowest BCUT2D eigenvalue weighted by atomic mass is 9.87. The second kappa shape index (κ2) is 8.81. The monoisotopic (exact) mass is 305 g/mol. The van der Waals surface area contributed by atoms with E-state index in [1.54, 1.807) is 0 Å². The van der Waals surface area contributed by atoms with Gasteiger partial charge in [-0.15, -0.1) is 0 Å². The largest absolute Gasteiger partial charge is 0.357 e. The Morgan fingerprint density at radius 2 is 2.14 bits per heavy atom. The Morgan fingerprint density at radius 1 is 1.36 bits per heavy atom. The van der Waals surface area contributed by atoms with Crippen LogP contribution in [0.2, 0.25) is 0 Å². The zero-order valence-electron chi connectivity index (χ0n) is 14.3. The molecule has 1 saturated carbocycles.